The Morgan fingerprint density at radius 1 is 1.09 bits per heavy atom. The highest BCUT2D eigenvalue weighted by Crippen LogP contribution is 2.27. The van der Waals surface area contributed by atoms with Gasteiger partial charge in [-0.2, -0.15) is 0 Å². The van der Waals surface area contributed by atoms with Gasteiger partial charge in [0, 0.05) is 0 Å². The molecule has 2 rings (SSSR count). The number of benzene rings is 2. The number of hydrogen-bond donors (Lipinski definition) is 1. The molecule has 23 heavy (non-hydrogen) atoms. The fourth-order valence-electron chi connectivity index (χ4n) is 2.78. The average molecular weight is 313 g/mol. The van der Waals surface area contributed by atoms with Gasteiger partial charge >= 0.3 is 0 Å². The lowest BCUT2D eigenvalue weighted by Crippen LogP contribution is -2.16. The van der Waals surface area contributed by atoms with Crippen LogP contribution in [-0.4, -0.2) is 20.3 Å². The largest absolute Gasteiger partial charge is 0.496 e. The molecule has 3 heteroatoms. The predicted molar refractivity (Wildman–Crippen MR) is 95.5 cm³/mol. The van der Waals surface area contributed by atoms with E-state index in [2.05, 4.69) is 32.0 Å². The highest BCUT2D eigenvalue weighted by atomic mass is 16.5. The molecule has 0 amide bonds. The van der Waals surface area contributed by atoms with Crippen molar-refractivity contribution in [1.82, 2.24) is 0 Å². The summed E-state index contributed by atoms with van der Waals surface area (Å²) in [5, 5.41) is 0. The summed E-state index contributed by atoms with van der Waals surface area (Å²) in [6.07, 6.45) is 1.86. The third-order valence-electron chi connectivity index (χ3n) is 4.26. The minimum Gasteiger partial charge on any atom is -0.496 e. The maximum absolute atomic E-state index is 5.99. The van der Waals surface area contributed by atoms with E-state index in [-0.39, 0.29) is 0 Å². The number of ether oxygens (including phenoxy) is 2. The average Bonchev–Trinajstić information content (AvgIpc) is 2.59. The van der Waals surface area contributed by atoms with Crippen molar-refractivity contribution in [3.05, 3.63) is 59.2 Å². The topological polar surface area (TPSA) is 44.5 Å². The Morgan fingerprint density at radius 3 is 2.52 bits per heavy atom. The number of aryl methyl sites for hydroxylation is 2. The molecule has 0 saturated heterocycles. The van der Waals surface area contributed by atoms with E-state index in [9.17, 15) is 0 Å². The number of para-hydroxylation sites is 1. The van der Waals surface area contributed by atoms with Crippen molar-refractivity contribution in [2.45, 2.75) is 32.6 Å². The second-order valence-electron chi connectivity index (χ2n) is 5.76. The molecule has 0 heterocycles. The van der Waals surface area contributed by atoms with Gasteiger partial charge in [0.1, 0.15) is 11.5 Å². The minimum absolute atomic E-state index is 0.301. The number of hydrogen-bond acceptors (Lipinski definition) is 3. The van der Waals surface area contributed by atoms with Crippen molar-refractivity contribution >= 4 is 0 Å². The minimum atomic E-state index is 0.301. The van der Waals surface area contributed by atoms with Crippen LogP contribution in [0.2, 0.25) is 0 Å². The molecule has 1 atom stereocenters. The second kappa shape index (κ2) is 8.59. The molecule has 0 saturated carbocycles. The summed E-state index contributed by atoms with van der Waals surface area (Å²) in [5.74, 6) is 2.20. The van der Waals surface area contributed by atoms with Crippen molar-refractivity contribution in [1.29, 1.82) is 0 Å². The number of nitrogens with two attached hydrogens (primary N) is 1. The molecule has 0 bridgehead atoms. The van der Waals surface area contributed by atoms with E-state index in [1.165, 1.54) is 11.1 Å². The molecule has 0 aliphatic carbocycles. The summed E-state index contributed by atoms with van der Waals surface area (Å²) in [4.78, 5) is 0. The van der Waals surface area contributed by atoms with Gasteiger partial charge in [-0.25, -0.2) is 0 Å². The van der Waals surface area contributed by atoms with Crippen molar-refractivity contribution in [2.75, 3.05) is 20.3 Å². The van der Waals surface area contributed by atoms with Gasteiger partial charge in [0.2, 0.25) is 0 Å². The van der Waals surface area contributed by atoms with Gasteiger partial charge in [-0.1, -0.05) is 37.3 Å². The van der Waals surface area contributed by atoms with E-state index in [0.717, 1.165) is 29.9 Å². The molecule has 1 unspecified atom stereocenters. The molecule has 0 radical (unpaired) electrons. The van der Waals surface area contributed by atoms with E-state index in [4.69, 9.17) is 15.2 Å². The number of rotatable bonds is 8. The first-order valence-electron chi connectivity index (χ1n) is 8.24. The standard InChI is InChI=1S/C20H27NO2/c1-4-16-13-17(9-10-20(16)22-3)18(14-21)11-12-23-19-8-6-5-7-15(19)2/h5-10,13,18H,4,11-12,14,21H2,1-3H3. The van der Waals surface area contributed by atoms with Crippen LogP contribution >= 0.6 is 0 Å². The third kappa shape index (κ3) is 4.49. The molecule has 0 spiro atoms. The lowest BCUT2D eigenvalue weighted by atomic mass is 9.93. The van der Waals surface area contributed by atoms with Crippen LogP contribution in [0.15, 0.2) is 42.5 Å². The van der Waals surface area contributed by atoms with E-state index < -0.39 is 0 Å². The molecule has 2 aromatic rings. The van der Waals surface area contributed by atoms with E-state index in [0.29, 0.717) is 19.1 Å². The maximum Gasteiger partial charge on any atom is 0.122 e. The Kier molecular flexibility index (Phi) is 6.48. The predicted octanol–water partition coefficient (Wildman–Crippen LogP) is 4.08. The summed E-state index contributed by atoms with van der Waals surface area (Å²) in [5.41, 5.74) is 9.64. The highest BCUT2D eigenvalue weighted by molar-refractivity contribution is 5.39. The molecule has 3 nitrogen and oxygen atoms in total. The quantitative estimate of drug-likeness (QED) is 0.798. The lowest BCUT2D eigenvalue weighted by Gasteiger charge is -2.18. The fraction of sp³-hybridized carbons (Fsp3) is 0.400. The first kappa shape index (κ1) is 17.4. The molecule has 0 aromatic heterocycles. The maximum atomic E-state index is 5.99. The van der Waals surface area contributed by atoms with Crippen molar-refractivity contribution in [2.24, 2.45) is 5.73 Å². The van der Waals surface area contributed by atoms with Crippen LogP contribution in [0.4, 0.5) is 0 Å². The Bertz CT molecular complexity index is 625. The van der Waals surface area contributed by atoms with Crippen LogP contribution in [0.1, 0.15) is 36.0 Å². The normalized spacial score (nSPS) is 12.0. The zero-order valence-electron chi connectivity index (χ0n) is 14.3. The summed E-state index contributed by atoms with van der Waals surface area (Å²) in [6, 6.07) is 14.5. The van der Waals surface area contributed by atoms with Crippen LogP contribution in [-0.2, 0) is 6.42 Å². The van der Waals surface area contributed by atoms with Crippen LogP contribution in [0.3, 0.4) is 0 Å². The van der Waals surface area contributed by atoms with Gasteiger partial charge < -0.3 is 15.2 Å². The van der Waals surface area contributed by atoms with E-state index in [1.807, 2.05) is 24.3 Å². The van der Waals surface area contributed by atoms with Gasteiger partial charge in [0.15, 0.2) is 0 Å². The summed E-state index contributed by atoms with van der Waals surface area (Å²) in [6.45, 7) is 5.49. The number of methoxy groups -OCH3 is 1. The molecule has 2 aromatic carbocycles. The van der Waals surface area contributed by atoms with Crippen LogP contribution in [0.25, 0.3) is 0 Å². The Morgan fingerprint density at radius 2 is 1.87 bits per heavy atom. The van der Waals surface area contributed by atoms with Gasteiger partial charge in [-0.05, 0) is 61.1 Å². The first-order valence-corrected chi connectivity index (χ1v) is 8.24. The lowest BCUT2D eigenvalue weighted by molar-refractivity contribution is 0.296. The van der Waals surface area contributed by atoms with Gasteiger partial charge in [0.25, 0.3) is 0 Å². The SMILES string of the molecule is CCc1cc(C(CN)CCOc2ccccc2C)ccc1OC. The van der Waals surface area contributed by atoms with E-state index >= 15 is 0 Å². The molecular weight excluding hydrogens is 286 g/mol. The summed E-state index contributed by atoms with van der Waals surface area (Å²) >= 11 is 0. The Balaban J connectivity index is 2.01. The molecule has 0 aliphatic heterocycles. The third-order valence-corrected chi connectivity index (χ3v) is 4.26. The Labute approximate surface area is 139 Å². The molecule has 0 fully saturated rings. The zero-order chi connectivity index (χ0) is 16.7. The molecule has 124 valence electrons. The van der Waals surface area contributed by atoms with Crippen LogP contribution in [0.5, 0.6) is 11.5 Å². The summed E-state index contributed by atoms with van der Waals surface area (Å²) < 4.78 is 11.3. The monoisotopic (exact) mass is 313 g/mol. The molecule has 0 aliphatic rings. The summed E-state index contributed by atoms with van der Waals surface area (Å²) in [7, 11) is 1.71. The van der Waals surface area contributed by atoms with Crippen molar-refractivity contribution < 1.29 is 9.47 Å². The van der Waals surface area contributed by atoms with Gasteiger partial charge in [-0.3, -0.25) is 0 Å². The smallest absolute Gasteiger partial charge is 0.122 e. The van der Waals surface area contributed by atoms with Crippen molar-refractivity contribution in [3.8, 4) is 11.5 Å². The zero-order valence-corrected chi connectivity index (χ0v) is 14.3. The van der Waals surface area contributed by atoms with E-state index in [1.54, 1.807) is 7.11 Å². The second-order valence-corrected chi connectivity index (χ2v) is 5.76. The Hall–Kier alpha value is -2.00. The highest BCUT2D eigenvalue weighted by Gasteiger charge is 2.13. The molecule has 2 N–H and O–H groups in total. The van der Waals surface area contributed by atoms with Crippen molar-refractivity contribution in [3.63, 3.8) is 0 Å². The first-order chi connectivity index (χ1) is 11.2. The van der Waals surface area contributed by atoms with Gasteiger partial charge in [0.05, 0.1) is 13.7 Å². The van der Waals surface area contributed by atoms with Crippen LogP contribution in [0, 0.1) is 6.92 Å². The van der Waals surface area contributed by atoms with Crippen LogP contribution < -0.4 is 15.2 Å². The molecular formula is C20H27NO2. The fourth-order valence-corrected chi connectivity index (χ4v) is 2.78. The van der Waals surface area contributed by atoms with Gasteiger partial charge in [-0.15, -0.1) is 0 Å².